The van der Waals surface area contributed by atoms with Gasteiger partial charge in [0.05, 0.1) is 5.69 Å². The highest BCUT2D eigenvalue weighted by Gasteiger charge is 2.12. The molecule has 1 aromatic heterocycles. The van der Waals surface area contributed by atoms with Crippen LogP contribution in [0.15, 0.2) is 42.6 Å². The van der Waals surface area contributed by atoms with E-state index in [1.54, 1.807) is 18.3 Å². The van der Waals surface area contributed by atoms with Gasteiger partial charge in [-0.05, 0) is 30.6 Å². The Labute approximate surface area is 94.6 Å². The Bertz CT molecular complexity index is 486. The molecular weight excluding hydrogens is 201 g/mol. The lowest BCUT2D eigenvalue weighted by Gasteiger charge is -2.06. The van der Waals surface area contributed by atoms with Crippen LogP contribution in [-0.2, 0) is 0 Å². The summed E-state index contributed by atoms with van der Waals surface area (Å²) in [6.07, 6.45) is 1.71. The molecule has 0 fully saturated rings. The molecule has 0 bridgehead atoms. The lowest BCUT2D eigenvalue weighted by Crippen LogP contribution is -2.30. The molecule has 16 heavy (non-hydrogen) atoms. The fourth-order valence-corrected chi connectivity index (χ4v) is 1.64. The smallest absolute Gasteiger partial charge is 0.423 e. The molecule has 3 nitrogen and oxygen atoms in total. The van der Waals surface area contributed by atoms with Crippen LogP contribution in [0.5, 0.6) is 0 Å². The summed E-state index contributed by atoms with van der Waals surface area (Å²) in [7, 11) is -1.44. The number of hydrogen-bond donors (Lipinski definition) is 2. The van der Waals surface area contributed by atoms with E-state index in [0.29, 0.717) is 5.46 Å². The number of nitrogens with zero attached hydrogens (tertiary/aromatic N) is 1. The van der Waals surface area contributed by atoms with Gasteiger partial charge in [0.1, 0.15) is 0 Å². The Morgan fingerprint density at radius 2 is 1.94 bits per heavy atom. The van der Waals surface area contributed by atoms with Crippen LogP contribution < -0.4 is 5.46 Å². The number of pyridine rings is 1. The number of aromatic nitrogens is 1. The van der Waals surface area contributed by atoms with E-state index in [0.717, 1.165) is 16.8 Å². The highest BCUT2D eigenvalue weighted by atomic mass is 16.4. The zero-order chi connectivity index (χ0) is 11.5. The molecule has 0 aliphatic rings. The molecule has 2 rings (SSSR count). The van der Waals surface area contributed by atoms with E-state index in [9.17, 15) is 0 Å². The highest BCUT2D eigenvalue weighted by molar-refractivity contribution is 6.58. The molecule has 80 valence electrons. The minimum Gasteiger partial charge on any atom is -0.423 e. The van der Waals surface area contributed by atoms with Crippen molar-refractivity contribution in [3.63, 3.8) is 0 Å². The predicted molar refractivity (Wildman–Crippen MR) is 64.2 cm³/mol. The molecule has 0 aliphatic heterocycles. The minimum atomic E-state index is -1.44. The van der Waals surface area contributed by atoms with Crippen LogP contribution >= 0.6 is 0 Å². The summed E-state index contributed by atoms with van der Waals surface area (Å²) in [5.41, 5.74) is 3.18. The zero-order valence-corrected chi connectivity index (χ0v) is 8.96. The Kier molecular flexibility index (Phi) is 3.03. The molecule has 0 spiro atoms. The fourth-order valence-electron chi connectivity index (χ4n) is 1.64. The average molecular weight is 213 g/mol. The van der Waals surface area contributed by atoms with Crippen LogP contribution in [-0.4, -0.2) is 22.2 Å². The predicted octanol–water partition coefficient (Wildman–Crippen LogP) is 0.737. The molecule has 0 saturated heterocycles. The Morgan fingerprint density at radius 1 is 1.12 bits per heavy atom. The van der Waals surface area contributed by atoms with Crippen molar-refractivity contribution in [3.05, 3.63) is 48.2 Å². The van der Waals surface area contributed by atoms with Crippen LogP contribution in [0.25, 0.3) is 11.3 Å². The summed E-state index contributed by atoms with van der Waals surface area (Å²) in [4.78, 5) is 4.23. The number of aryl methyl sites for hydroxylation is 1. The first kappa shape index (κ1) is 10.9. The maximum Gasteiger partial charge on any atom is 0.488 e. The van der Waals surface area contributed by atoms with Crippen molar-refractivity contribution in [3.8, 4) is 11.3 Å². The summed E-state index contributed by atoms with van der Waals surface area (Å²) < 4.78 is 0. The maximum absolute atomic E-state index is 9.15. The quantitative estimate of drug-likeness (QED) is 0.723. The largest absolute Gasteiger partial charge is 0.488 e. The van der Waals surface area contributed by atoms with E-state index < -0.39 is 7.12 Å². The summed E-state index contributed by atoms with van der Waals surface area (Å²) in [5, 5.41) is 18.3. The van der Waals surface area contributed by atoms with Gasteiger partial charge in [-0.15, -0.1) is 0 Å². The Hall–Kier alpha value is -1.65. The van der Waals surface area contributed by atoms with Gasteiger partial charge >= 0.3 is 7.12 Å². The van der Waals surface area contributed by atoms with E-state index >= 15 is 0 Å². The molecule has 0 unspecified atom stereocenters. The van der Waals surface area contributed by atoms with Crippen molar-refractivity contribution < 1.29 is 10.0 Å². The SMILES string of the molecule is Cc1cc(B(O)O)cc(-c2ccccn2)c1. The van der Waals surface area contributed by atoms with Crippen LogP contribution in [0.1, 0.15) is 5.56 Å². The maximum atomic E-state index is 9.15. The molecule has 0 radical (unpaired) electrons. The van der Waals surface area contributed by atoms with Gasteiger partial charge in [0.25, 0.3) is 0 Å². The first-order valence-corrected chi connectivity index (χ1v) is 5.06. The summed E-state index contributed by atoms with van der Waals surface area (Å²) in [5.74, 6) is 0. The Morgan fingerprint density at radius 3 is 2.56 bits per heavy atom. The van der Waals surface area contributed by atoms with Crippen molar-refractivity contribution in [2.75, 3.05) is 0 Å². The summed E-state index contributed by atoms with van der Waals surface area (Å²) >= 11 is 0. The van der Waals surface area contributed by atoms with Crippen LogP contribution in [0.2, 0.25) is 0 Å². The lowest BCUT2D eigenvalue weighted by molar-refractivity contribution is 0.426. The third kappa shape index (κ3) is 2.29. The molecule has 0 aliphatic carbocycles. The summed E-state index contributed by atoms with van der Waals surface area (Å²) in [6, 6.07) is 11.1. The first-order chi connectivity index (χ1) is 7.66. The van der Waals surface area contributed by atoms with Crippen LogP contribution in [0.4, 0.5) is 0 Å². The monoisotopic (exact) mass is 213 g/mol. The third-order valence-electron chi connectivity index (χ3n) is 2.36. The van der Waals surface area contributed by atoms with Crippen molar-refractivity contribution >= 4 is 12.6 Å². The second kappa shape index (κ2) is 4.47. The van der Waals surface area contributed by atoms with Crippen molar-refractivity contribution in [1.82, 2.24) is 4.98 Å². The number of benzene rings is 1. The molecule has 0 atom stereocenters. The van der Waals surface area contributed by atoms with Gasteiger partial charge in [0.15, 0.2) is 0 Å². The standard InChI is InChI=1S/C12H12BNO2/c1-9-6-10(8-11(7-9)13(15)16)12-4-2-3-5-14-12/h2-8,15-16H,1H3. The van der Waals surface area contributed by atoms with Crippen LogP contribution in [0, 0.1) is 6.92 Å². The normalized spacial score (nSPS) is 10.2. The second-order valence-electron chi connectivity index (χ2n) is 3.72. The fraction of sp³-hybridized carbons (Fsp3) is 0.0833. The second-order valence-corrected chi connectivity index (χ2v) is 3.72. The Balaban J connectivity index is 2.50. The number of hydrogen-bond acceptors (Lipinski definition) is 3. The van der Waals surface area contributed by atoms with E-state index in [1.165, 1.54) is 0 Å². The van der Waals surface area contributed by atoms with Crippen molar-refractivity contribution in [2.24, 2.45) is 0 Å². The van der Waals surface area contributed by atoms with E-state index in [-0.39, 0.29) is 0 Å². The third-order valence-corrected chi connectivity index (χ3v) is 2.36. The van der Waals surface area contributed by atoms with Gasteiger partial charge in [-0.1, -0.05) is 23.8 Å². The molecule has 1 aromatic carbocycles. The van der Waals surface area contributed by atoms with E-state index in [2.05, 4.69) is 4.98 Å². The molecule has 1 heterocycles. The van der Waals surface area contributed by atoms with E-state index in [4.69, 9.17) is 10.0 Å². The highest BCUT2D eigenvalue weighted by Crippen LogP contribution is 2.16. The van der Waals surface area contributed by atoms with Gasteiger partial charge in [0.2, 0.25) is 0 Å². The molecule has 2 N–H and O–H groups in total. The average Bonchev–Trinajstić information content (AvgIpc) is 2.29. The lowest BCUT2D eigenvalue weighted by atomic mass is 9.78. The first-order valence-electron chi connectivity index (χ1n) is 5.06. The molecule has 0 saturated carbocycles. The van der Waals surface area contributed by atoms with Gasteiger partial charge in [-0.25, -0.2) is 0 Å². The van der Waals surface area contributed by atoms with E-state index in [1.807, 2.05) is 31.2 Å². The van der Waals surface area contributed by atoms with Gasteiger partial charge in [-0.3, -0.25) is 4.98 Å². The van der Waals surface area contributed by atoms with Crippen LogP contribution in [0.3, 0.4) is 0 Å². The van der Waals surface area contributed by atoms with Gasteiger partial charge in [-0.2, -0.15) is 0 Å². The van der Waals surface area contributed by atoms with Crippen molar-refractivity contribution in [2.45, 2.75) is 6.92 Å². The molecule has 2 aromatic rings. The topological polar surface area (TPSA) is 53.4 Å². The number of rotatable bonds is 2. The minimum absolute atomic E-state index is 0.487. The van der Waals surface area contributed by atoms with Gasteiger partial charge in [0, 0.05) is 11.8 Å². The summed E-state index contributed by atoms with van der Waals surface area (Å²) in [6.45, 7) is 1.92. The molecule has 4 heteroatoms. The molecular formula is C12H12BNO2. The zero-order valence-electron chi connectivity index (χ0n) is 8.96. The van der Waals surface area contributed by atoms with Gasteiger partial charge < -0.3 is 10.0 Å². The molecule has 0 amide bonds. The van der Waals surface area contributed by atoms with Crippen molar-refractivity contribution in [1.29, 1.82) is 0 Å².